The Hall–Kier alpha value is -2.14. The van der Waals surface area contributed by atoms with Crippen molar-refractivity contribution in [2.45, 2.75) is 69.6 Å². The fraction of sp³-hybridized carbons (Fsp3) is 0.737. The second kappa shape index (κ2) is 8.93. The molecule has 1 saturated heterocycles. The number of aliphatic hydroxyl groups is 1. The van der Waals surface area contributed by atoms with Crippen LogP contribution in [0.5, 0.6) is 0 Å². The number of halogens is 3. The highest BCUT2D eigenvalue weighted by molar-refractivity contribution is 5.97. The quantitative estimate of drug-likeness (QED) is 0.355. The molecule has 0 radical (unpaired) electrons. The van der Waals surface area contributed by atoms with Crippen molar-refractivity contribution in [3.8, 4) is 0 Å². The number of aliphatic hydroxyl groups excluding tert-OH is 1. The molecule has 4 atom stereocenters. The Kier molecular flexibility index (Phi) is 6.71. The third-order valence-corrected chi connectivity index (χ3v) is 6.13. The van der Waals surface area contributed by atoms with Gasteiger partial charge in [0.15, 0.2) is 6.35 Å². The first-order chi connectivity index (χ1) is 14.1. The second-order valence-corrected chi connectivity index (χ2v) is 8.16. The van der Waals surface area contributed by atoms with Crippen LogP contribution in [0.2, 0.25) is 0 Å². The average Bonchev–Trinajstić information content (AvgIpc) is 2.67. The molecule has 2 fully saturated rings. The number of carboxylic acid groups (broad SMARTS) is 1. The van der Waals surface area contributed by atoms with E-state index in [-0.39, 0.29) is 12.3 Å². The van der Waals surface area contributed by atoms with E-state index in [0.717, 1.165) is 12.0 Å². The predicted molar refractivity (Wildman–Crippen MR) is 101 cm³/mol. The average molecular weight is 432 g/mol. The van der Waals surface area contributed by atoms with E-state index in [1.54, 1.807) is 6.08 Å². The van der Waals surface area contributed by atoms with Crippen LogP contribution < -0.4 is 11.1 Å². The van der Waals surface area contributed by atoms with Crippen LogP contribution in [-0.2, 0) is 9.59 Å². The fourth-order valence-electron chi connectivity index (χ4n) is 4.64. The van der Waals surface area contributed by atoms with E-state index in [4.69, 9.17) is 5.73 Å². The zero-order valence-electron chi connectivity index (χ0n) is 16.4. The van der Waals surface area contributed by atoms with Crippen LogP contribution in [-0.4, -0.2) is 64.0 Å². The monoisotopic (exact) mass is 432 g/mol. The highest BCUT2D eigenvalue weighted by Gasteiger charge is 2.56. The van der Waals surface area contributed by atoms with Crippen LogP contribution >= 0.6 is 0 Å². The lowest BCUT2D eigenvalue weighted by atomic mass is 9.81. The number of amides is 1. The summed E-state index contributed by atoms with van der Waals surface area (Å²) in [5.74, 6) is -3.48. The van der Waals surface area contributed by atoms with Gasteiger partial charge in [0, 0.05) is 6.54 Å². The third kappa shape index (κ3) is 4.77. The summed E-state index contributed by atoms with van der Waals surface area (Å²) in [4.78, 5) is 28.9. The Morgan fingerprint density at radius 1 is 1.33 bits per heavy atom. The van der Waals surface area contributed by atoms with Gasteiger partial charge < -0.3 is 15.9 Å². The highest BCUT2D eigenvalue weighted by atomic mass is 19.4. The summed E-state index contributed by atoms with van der Waals surface area (Å²) in [6.07, 6.45) is -1.53. The molecule has 0 aromatic rings. The number of dihydropyridines is 1. The van der Waals surface area contributed by atoms with E-state index in [2.05, 4.69) is 10.3 Å². The van der Waals surface area contributed by atoms with Crippen molar-refractivity contribution >= 4 is 17.7 Å². The van der Waals surface area contributed by atoms with E-state index >= 15 is 0 Å². The van der Waals surface area contributed by atoms with Crippen LogP contribution in [0.25, 0.3) is 0 Å². The minimum atomic E-state index is -4.63. The Balaban J connectivity index is 1.71. The molecule has 11 heteroatoms. The summed E-state index contributed by atoms with van der Waals surface area (Å²) in [5.41, 5.74) is 6.39. The standard InChI is InChI=1S/C19H27F3N4O4/c20-19(21,22)15(11-4-2-1-3-5-11)25-18(30)26-14(17(28)29)12(16(26)27)8-10-6-7-24-13(23)9-10/h9,11-12,14-15,18,25,30H,1-8H2,(H2,23,24)(H,28,29). The van der Waals surface area contributed by atoms with Gasteiger partial charge in [-0.25, -0.2) is 4.79 Å². The van der Waals surface area contributed by atoms with Crippen molar-refractivity contribution in [2.24, 2.45) is 22.6 Å². The molecule has 30 heavy (non-hydrogen) atoms. The SMILES string of the molecule is NC1=NCCC(CC2C(=O)N(C(O)NC(C3CCCCC3)C(F)(F)F)C2C(=O)O)=C1. The van der Waals surface area contributed by atoms with Gasteiger partial charge in [0.1, 0.15) is 17.9 Å². The molecule has 0 aromatic heterocycles. The van der Waals surface area contributed by atoms with Crippen LogP contribution in [0, 0.1) is 11.8 Å². The maximum absolute atomic E-state index is 13.6. The number of rotatable bonds is 7. The molecule has 1 aliphatic carbocycles. The summed E-state index contributed by atoms with van der Waals surface area (Å²) in [6.45, 7) is 0.429. The van der Waals surface area contributed by atoms with Crippen molar-refractivity contribution in [2.75, 3.05) is 6.54 Å². The molecule has 3 aliphatic rings. The summed E-state index contributed by atoms with van der Waals surface area (Å²) in [5, 5.41) is 22.0. The number of likely N-dealkylation sites (tertiary alicyclic amines) is 1. The van der Waals surface area contributed by atoms with Gasteiger partial charge in [0.2, 0.25) is 5.91 Å². The van der Waals surface area contributed by atoms with Gasteiger partial charge in [-0.05, 0) is 37.7 Å². The number of carbonyl (C=O) groups excluding carboxylic acids is 1. The minimum absolute atomic E-state index is 0.112. The molecule has 0 spiro atoms. The first-order valence-electron chi connectivity index (χ1n) is 10.1. The number of aliphatic carboxylic acids is 1. The molecule has 8 nitrogen and oxygen atoms in total. The third-order valence-electron chi connectivity index (χ3n) is 6.13. The number of alkyl halides is 3. The largest absolute Gasteiger partial charge is 0.480 e. The molecule has 5 N–H and O–H groups in total. The number of carbonyl (C=O) groups is 2. The summed E-state index contributed by atoms with van der Waals surface area (Å²) >= 11 is 0. The molecule has 3 rings (SSSR count). The van der Waals surface area contributed by atoms with E-state index < -0.39 is 48.3 Å². The zero-order valence-corrected chi connectivity index (χ0v) is 16.4. The fourth-order valence-corrected chi connectivity index (χ4v) is 4.64. The molecular formula is C19H27F3N4O4. The number of aliphatic imine (C=N–C) groups is 1. The maximum Gasteiger partial charge on any atom is 0.404 e. The summed E-state index contributed by atoms with van der Waals surface area (Å²) in [7, 11) is 0. The smallest absolute Gasteiger partial charge is 0.404 e. The number of nitrogens with zero attached hydrogens (tertiary/aromatic N) is 2. The lowest BCUT2D eigenvalue weighted by Crippen LogP contribution is -2.71. The van der Waals surface area contributed by atoms with Crippen molar-refractivity contribution in [3.05, 3.63) is 11.6 Å². The number of amidine groups is 1. The van der Waals surface area contributed by atoms with Crippen molar-refractivity contribution in [1.82, 2.24) is 10.2 Å². The summed E-state index contributed by atoms with van der Waals surface area (Å²) in [6, 6.07) is -3.42. The molecule has 0 aromatic carbocycles. The molecule has 2 heterocycles. The number of carboxylic acids is 1. The molecule has 2 aliphatic heterocycles. The maximum atomic E-state index is 13.6. The van der Waals surface area contributed by atoms with Crippen LogP contribution in [0.1, 0.15) is 44.9 Å². The van der Waals surface area contributed by atoms with Crippen molar-refractivity contribution < 1.29 is 33.0 Å². The molecule has 0 bridgehead atoms. The van der Waals surface area contributed by atoms with E-state index in [9.17, 15) is 33.0 Å². The molecule has 168 valence electrons. The van der Waals surface area contributed by atoms with Crippen molar-refractivity contribution in [1.29, 1.82) is 0 Å². The van der Waals surface area contributed by atoms with Gasteiger partial charge in [-0.15, -0.1) is 0 Å². The number of nitrogens with one attached hydrogen (secondary N) is 1. The van der Waals surface area contributed by atoms with E-state index in [0.29, 0.717) is 43.5 Å². The van der Waals surface area contributed by atoms with Crippen LogP contribution in [0.15, 0.2) is 16.6 Å². The number of hydrogen-bond donors (Lipinski definition) is 4. The highest BCUT2D eigenvalue weighted by Crippen LogP contribution is 2.37. The number of nitrogens with two attached hydrogens (primary N) is 1. The Morgan fingerprint density at radius 3 is 2.57 bits per heavy atom. The lowest BCUT2D eigenvalue weighted by Gasteiger charge is -2.48. The Morgan fingerprint density at radius 2 is 2.00 bits per heavy atom. The normalized spacial score (nSPS) is 27.7. The van der Waals surface area contributed by atoms with Gasteiger partial charge in [-0.1, -0.05) is 24.8 Å². The Bertz CT molecular complexity index is 734. The van der Waals surface area contributed by atoms with E-state index in [1.165, 1.54) is 0 Å². The second-order valence-electron chi connectivity index (χ2n) is 8.16. The van der Waals surface area contributed by atoms with Gasteiger partial charge in [-0.2, -0.15) is 13.2 Å². The zero-order chi connectivity index (χ0) is 22.1. The van der Waals surface area contributed by atoms with Gasteiger partial charge in [0.25, 0.3) is 0 Å². The van der Waals surface area contributed by atoms with E-state index in [1.807, 2.05) is 0 Å². The first kappa shape index (κ1) is 22.5. The molecule has 1 saturated carbocycles. The topological polar surface area (TPSA) is 128 Å². The molecule has 1 amide bonds. The molecular weight excluding hydrogens is 405 g/mol. The van der Waals surface area contributed by atoms with Crippen LogP contribution in [0.3, 0.4) is 0 Å². The van der Waals surface area contributed by atoms with Gasteiger partial charge in [-0.3, -0.25) is 20.0 Å². The lowest BCUT2D eigenvalue weighted by molar-refractivity contribution is -0.209. The number of hydrogen-bond acceptors (Lipinski definition) is 6. The van der Waals surface area contributed by atoms with Crippen molar-refractivity contribution in [3.63, 3.8) is 0 Å². The number of β-lactam (4-membered cyclic amide) rings is 1. The first-order valence-corrected chi connectivity index (χ1v) is 10.1. The Labute approximate surface area is 172 Å². The predicted octanol–water partition coefficient (Wildman–Crippen LogP) is 1.35. The van der Waals surface area contributed by atoms with Crippen LogP contribution in [0.4, 0.5) is 13.2 Å². The summed E-state index contributed by atoms with van der Waals surface area (Å²) < 4.78 is 40.8. The van der Waals surface area contributed by atoms with Gasteiger partial charge >= 0.3 is 12.1 Å². The van der Waals surface area contributed by atoms with Gasteiger partial charge in [0.05, 0.1) is 5.92 Å². The minimum Gasteiger partial charge on any atom is -0.480 e. The molecule has 4 unspecified atom stereocenters.